The van der Waals surface area contributed by atoms with Gasteiger partial charge in [-0.15, -0.1) is 0 Å². The van der Waals surface area contributed by atoms with Crippen molar-refractivity contribution in [3.63, 3.8) is 0 Å². The number of nitrogens with one attached hydrogen (secondary N) is 2. The number of benzene rings is 2. The van der Waals surface area contributed by atoms with Gasteiger partial charge in [0, 0.05) is 23.2 Å². The third-order valence-electron chi connectivity index (χ3n) is 3.72. The predicted molar refractivity (Wildman–Crippen MR) is 98.1 cm³/mol. The normalized spacial score (nSPS) is 11.0. The lowest BCUT2D eigenvalue weighted by molar-refractivity contribution is -0.128. The summed E-state index contributed by atoms with van der Waals surface area (Å²) in [6.07, 6.45) is 0. The monoisotopic (exact) mass is 340 g/mol. The number of carbonyl (C=O) groups excluding carboxylic acids is 2. The minimum Gasteiger partial charge on any atom is -0.392 e. The molecular weight excluding hydrogens is 316 g/mol. The van der Waals surface area contributed by atoms with Crippen molar-refractivity contribution in [2.45, 2.75) is 33.9 Å². The second kappa shape index (κ2) is 7.94. The quantitative estimate of drug-likeness (QED) is 0.782. The Hall–Kier alpha value is -2.66. The van der Waals surface area contributed by atoms with Crippen LogP contribution in [0.1, 0.15) is 42.3 Å². The molecule has 0 heterocycles. The van der Waals surface area contributed by atoms with E-state index in [0.717, 1.165) is 11.1 Å². The van der Waals surface area contributed by atoms with E-state index in [1.165, 1.54) is 0 Å². The third kappa shape index (κ3) is 5.43. The van der Waals surface area contributed by atoms with Crippen LogP contribution >= 0.6 is 0 Å². The lowest BCUT2D eigenvalue weighted by Crippen LogP contribution is -2.34. The number of hydrogen-bond donors (Lipinski definition) is 3. The topological polar surface area (TPSA) is 78.4 Å². The molecule has 0 saturated heterocycles. The smallest absolute Gasteiger partial charge is 0.255 e. The molecule has 0 saturated carbocycles. The molecule has 2 amide bonds. The zero-order valence-corrected chi connectivity index (χ0v) is 14.8. The summed E-state index contributed by atoms with van der Waals surface area (Å²) in [5, 5.41) is 14.8. The molecule has 0 aromatic heterocycles. The van der Waals surface area contributed by atoms with Gasteiger partial charge < -0.3 is 15.7 Å². The zero-order chi connectivity index (χ0) is 18.4. The van der Waals surface area contributed by atoms with Gasteiger partial charge in [0.25, 0.3) is 5.91 Å². The second-order valence-electron chi connectivity index (χ2n) is 6.94. The molecular formula is C20H24N2O3. The average molecular weight is 340 g/mol. The maximum atomic E-state index is 12.3. The van der Waals surface area contributed by atoms with Crippen molar-refractivity contribution in [2.75, 3.05) is 5.32 Å². The molecule has 5 heteroatoms. The minimum absolute atomic E-state index is 0.0157. The molecule has 2 rings (SSSR count). The molecule has 0 aliphatic rings. The molecule has 25 heavy (non-hydrogen) atoms. The van der Waals surface area contributed by atoms with Crippen LogP contribution in [0.3, 0.4) is 0 Å². The van der Waals surface area contributed by atoms with Crippen molar-refractivity contribution in [2.24, 2.45) is 5.41 Å². The van der Waals surface area contributed by atoms with Gasteiger partial charge in [0.1, 0.15) is 0 Å². The lowest BCUT2D eigenvalue weighted by Gasteiger charge is -2.17. The van der Waals surface area contributed by atoms with Gasteiger partial charge in [-0.2, -0.15) is 0 Å². The maximum Gasteiger partial charge on any atom is 0.255 e. The van der Waals surface area contributed by atoms with Gasteiger partial charge >= 0.3 is 0 Å². The maximum absolute atomic E-state index is 12.3. The Bertz CT molecular complexity index is 746. The van der Waals surface area contributed by atoms with Crippen LogP contribution in [0, 0.1) is 5.41 Å². The van der Waals surface area contributed by atoms with Crippen molar-refractivity contribution in [3.05, 3.63) is 65.2 Å². The first-order valence-electron chi connectivity index (χ1n) is 8.18. The van der Waals surface area contributed by atoms with Gasteiger partial charge in [0.15, 0.2) is 0 Å². The molecule has 0 unspecified atom stereocenters. The Morgan fingerprint density at radius 1 is 1.00 bits per heavy atom. The Balaban J connectivity index is 1.97. The molecule has 0 fully saturated rings. The average Bonchev–Trinajstić information content (AvgIpc) is 2.59. The minimum atomic E-state index is -0.428. The first kappa shape index (κ1) is 18.7. The number of aliphatic hydroxyl groups is 1. The van der Waals surface area contributed by atoms with Gasteiger partial charge in [-0.1, -0.05) is 45.0 Å². The highest BCUT2D eigenvalue weighted by molar-refractivity contribution is 6.04. The zero-order valence-electron chi connectivity index (χ0n) is 14.8. The van der Waals surface area contributed by atoms with E-state index in [2.05, 4.69) is 10.6 Å². The van der Waals surface area contributed by atoms with Crippen LogP contribution in [0.5, 0.6) is 0 Å². The van der Waals surface area contributed by atoms with E-state index < -0.39 is 5.41 Å². The lowest BCUT2D eigenvalue weighted by atomic mass is 9.95. The Morgan fingerprint density at radius 3 is 2.28 bits per heavy atom. The Morgan fingerprint density at radius 2 is 1.68 bits per heavy atom. The number of aliphatic hydroxyl groups excluding tert-OH is 1. The highest BCUT2D eigenvalue weighted by Gasteiger charge is 2.20. The Kier molecular flexibility index (Phi) is 5.93. The van der Waals surface area contributed by atoms with E-state index >= 15 is 0 Å². The number of hydrogen-bond acceptors (Lipinski definition) is 3. The van der Waals surface area contributed by atoms with Gasteiger partial charge in [-0.05, 0) is 35.4 Å². The van der Waals surface area contributed by atoms with Crippen molar-refractivity contribution < 1.29 is 14.7 Å². The molecule has 2 aromatic rings. The number of carbonyl (C=O) groups is 2. The fraction of sp³-hybridized carbons (Fsp3) is 0.300. The SMILES string of the molecule is CC(C)(C)C(=O)NCc1ccc(C(=O)Nc2cccc(CO)c2)cc1. The van der Waals surface area contributed by atoms with Gasteiger partial charge in [-0.3, -0.25) is 9.59 Å². The van der Waals surface area contributed by atoms with Crippen LogP contribution in [0.2, 0.25) is 0 Å². The van der Waals surface area contributed by atoms with Crippen LogP contribution in [-0.4, -0.2) is 16.9 Å². The summed E-state index contributed by atoms with van der Waals surface area (Å²) in [6, 6.07) is 14.2. The predicted octanol–water partition coefficient (Wildman–Crippen LogP) is 3.09. The van der Waals surface area contributed by atoms with E-state index in [1.807, 2.05) is 32.9 Å². The first-order valence-corrected chi connectivity index (χ1v) is 8.18. The Labute approximate surface area is 148 Å². The van der Waals surface area contributed by atoms with Crippen LogP contribution < -0.4 is 10.6 Å². The summed E-state index contributed by atoms with van der Waals surface area (Å²) >= 11 is 0. The first-order chi connectivity index (χ1) is 11.8. The fourth-order valence-corrected chi connectivity index (χ4v) is 2.17. The molecule has 0 atom stereocenters. The summed E-state index contributed by atoms with van der Waals surface area (Å²) in [7, 11) is 0. The van der Waals surface area contributed by atoms with Crippen molar-refractivity contribution in [1.29, 1.82) is 0 Å². The molecule has 132 valence electrons. The van der Waals surface area contributed by atoms with E-state index in [4.69, 9.17) is 5.11 Å². The van der Waals surface area contributed by atoms with Crippen molar-refractivity contribution in [3.8, 4) is 0 Å². The highest BCUT2D eigenvalue weighted by Crippen LogP contribution is 2.14. The number of anilines is 1. The summed E-state index contributed by atoms with van der Waals surface area (Å²) in [5.74, 6) is -0.238. The van der Waals surface area contributed by atoms with Crippen LogP contribution in [0.25, 0.3) is 0 Å². The highest BCUT2D eigenvalue weighted by atomic mass is 16.3. The molecule has 2 aromatic carbocycles. The van der Waals surface area contributed by atoms with Crippen LogP contribution in [0.15, 0.2) is 48.5 Å². The summed E-state index contributed by atoms with van der Waals surface area (Å²) in [4.78, 5) is 24.2. The summed E-state index contributed by atoms with van der Waals surface area (Å²) in [5.41, 5.74) is 2.40. The van der Waals surface area contributed by atoms with Crippen molar-refractivity contribution in [1.82, 2.24) is 5.32 Å². The molecule has 0 spiro atoms. The van der Waals surface area contributed by atoms with Crippen LogP contribution in [-0.2, 0) is 17.9 Å². The molecule has 0 aliphatic carbocycles. The van der Waals surface area contributed by atoms with Gasteiger partial charge in [0.05, 0.1) is 6.61 Å². The van der Waals surface area contributed by atoms with E-state index in [9.17, 15) is 9.59 Å². The summed E-state index contributed by atoms with van der Waals surface area (Å²) in [6.45, 7) is 5.94. The number of rotatable bonds is 5. The molecule has 0 bridgehead atoms. The molecule has 5 nitrogen and oxygen atoms in total. The van der Waals surface area contributed by atoms with Crippen molar-refractivity contribution >= 4 is 17.5 Å². The summed E-state index contributed by atoms with van der Waals surface area (Å²) < 4.78 is 0. The largest absolute Gasteiger partial charge is 0.392 e. The standard InChI is InChI=1S/C20H24N2O3/c1-20(2,3)19(25)21-12-14-7-9-16(10-8-14)18(24)22-17-6-4-5-15(11-17)13-23/h4-11,23H,12-13H2,1-3H3,(H,21,25)(H,22,24). The molecule has 3 N–H and O–H groups in total. The molecule has 0 aliphatic heterocycles. The van der Waals surface area contributed by atoms with E-state index in [-0.39, 0.29) is 18.4 Å². The second-order valence-corrected chi connectivity index (χ2v) is 6.94. The van der Waals surface area contributed by atoms with Gasteiger partial charge in [-0.25, -0.2) is 0 Å². The van der Waals surface area contributed by atoms with Gasteiger partial charge in [0.2, 0.25) is 5.91 Å². The van der Waals surface area contributed by atoms with E-state index in [1.54, 1.807) is 36.4 Å². The van der Waals surface area contributed by atoms with E-state index in [0.29, 0.717) is 17.8 Å². The number of amides is 2. The third-order valence-corrected chi connectivity index (χ3v) is 3.72. The fourth-order valence-electron chi connectivity index (χ4n) is 2.17. The molecule has 0 radical (unpaired) electrons. The van der Waals surface area contributed by atoms with Crippen LogP contribution in [0.4, 0.5) is 5.69 Å².